The van der Waals surface area contributed by atoms with E-state index in [0.717, 1.165) is 5.56 Å². The van der Waals surface area contributed by atoms with Crippen molar-refractivity contribution >= 4 is 17.2 Å². The lowest BCUT2D eigenvalue weighted by Crippen LogP contribution is -2.37. The van der Waals surface area contributed by atoms with E-state index in [-0.39, 0.29) is 12.2 Å². The lowest BCUT2D eigenvalue weighted by atomic mass is 10.1. The molecular weight excluding hydrogens is 354 g/mol. The van der Waals surface area contributed by atoms with Gasteiger partial charge >= 0.3 is 0 Å². The first-order valence-corrected chi connectivity index (χ1v) is 9.89. The third kappa shape index (κ3) is 4.58. The molecule has 6 nitrogen and oxygen atoms in total. The van der Waals surface area contributed by atoms with Crippen molar-refractivity contribution in [3.63, 3.8) is 0 Å². The summed E-state index contributed by atoms with van der Waals surface area (Å²) in [5, 5.41) is 0. The predicted octanol–water partition coefficient (Wildman–Crippen LogP) is 2.98. The van der Waals surface area contributed by atoms with Crippen molar-refractivity contribution < 1.29 is 23.2 Å². The fourth-order valence-corrected chi connectivity index (χ4v) is 3.40. The van der Waals surface area contributed by atoms with E-state index in [1.807, 2.05) is 65.0 Å². The summed E-state index contributed by atoms with van der Waals surface area (Å²) in [5.74, 6) is -0.722. The van der Waals surface area contributed by atoms with Gasteiger partial charge in [-0.25, -0.2) is 4.21 Å². The molecule has 0 N–H and O–H groups in total. The van der Waals surface area contributed by atoms with Crippen molar-refractivity contribution in [2.24, 2.45) is 4.40 Å². The van der Waals surface area contributed by atoms with Crippen molar-refractivity contribution in [3.05, 3.63) is 35.9 Å². The average Bonchev–Trinajstić information content (AvgIpc) is 3.02. The van der Waals surface area contributed by atoms with Gasteiger partial charge in [-0.3, -0.25) is 0 Å². The fraction of sp³-hybridized carbons (Fsp3) is 0.632. The Bertz CT molecular complexity index is 670. The zero-order valence-electron chi connectivity index (χ0n) is 15.9. The lowest BCUT2D eigenvalue weighted by molar-refractivity contribution is -0.210. The standard InChI is InChI=1S/C19H27NO5S/c1-18(2,3)26(21)20-11-14-15(22-12-13-9-7-6-8-10-13)16-17(23-14)25-19(4,5)24-16/h6-11,14-17H,12H2,1-5H3/b20-11+/t14-,15+,16-,17-,26+/m1/s1. The van der Waals surface area contributed by atoms with Gasteiger partial charge in [0.1, 0.15) is 29.3 Å². The number of nitrogens with zero attached hydrogens (tertiary/aromatic N) is 1. The fourth-order valence-electron chi connectivity index (χ4n) is 2.85. The van der Waals surface area contributed by atoms with Crippen molar-refractivity contribution in [1.82, 2.24) is 0 Å². The van der Waals surface area contributed by atoms with E-state index < -0.39 is 33.9 Å². The van der Waals surface area contributed by atoms with Gasteiger partial charge in [-0.2, -0.15) is 4.40 Å². The minimum absolute atomic E-state index is 0.353. The molecule has 5 atom stereocenters. The number of ether oxygens (including phenoxy) is 4. The molecule has 0 spiro atoms. The molecule has 0 aromatic heterocycles. The zero-order chi connectivity index (χ0) is 18.9. The number of rotatable bonds is 5. The molecule has 0 aliphatic carbocycles. The average molecular weight is 381 g/mol. The van der Waals surface area contributed by atoms with Crippen LogP contribution in [0.25, 0.3) is 0 Å². The van der Waals surface area contributed by atoms with E-state index in [4.69, 9.17) is 18.9 Å². The van der Waals surface area contributed by atoms with Gasteiger partial charge in [0.2, 0.25) is 0 Å². The Morgan fingerprint density at radius 3 is 2.58 bits per heavy atom. The second kappa shape index (κ2) is 7.48. The van der Waals surface area contributed by atoms with Gasteiger partial charge in [0, 0.05) is 6.21 Å². The van der Waals surface area contributed by atoms with E-state index in [9.17, 15) is 4.21 Å². The third-order valence-electron chi connectivity index (χ3n) is 4.14. The van der Waals surface area contributed by atoms with Crippen LogP contribution in [0.1, 0.15) is 40.2 Å². The lowest BCUT2D eigenvalue weighted by Gasteiger charge is -2.24. The minimum Gasteiger partial charge on any atom is -0.367 e. The largest absolute Gasteiger partial charge is 0.367 e. The van der Waals surface area contributed by atoms with Gasteiger partial charge in [-0.1, -0.05) is 30.3 Å². The molecule has 1 aromatic carbocycles. The molecule has 3 rings (SSSR count). The van der Waals surface area contributed by atoms with E-state index in [1.165, 1.54) is 0 Å². The van der Waals surface area contributed by atoms with Crippen LogP contribution in [0, 0.1) is 0 Å². The van der Waals surface area contributed by atoms with Gasteiger partial charge in [0.05, 0.1) is 11.4 Å². The van der Waals surface area contributed by atoms with Gasteiger partial charge < -0.3 is 18.9 Å². The summed E-state index contributed by atoms with van der Waals surface area (Å²) in [6.45, 7) is 9.75. The smallest absolute Gasteiger partial charge is 0.190 e. The predicted molar refractivity (Wildman–Crippen MR) is 100 cm³/mol. The van der Waals surface area contributed by atoms with Crippen LogP contribution in [0.5, 0.6) is 0 Å². The van der Waals surface area contributed by atoms with E-state index in [1.54, 1.807) is 6.21 Å². The Morgan fingerprint density at radius 2 is 1.92 bits per heavy atom. The van der Waals surface area contributed by atoms with Gasteiger partial charge in [0.15, 0.2) is 12.1 Å². The zero-order valence-corrected chi connectivity index (χ0v) is 16.7. The highest BCUT2D eigenvalue weighted by Gasteiger charge is 2.55. The molecule has 2 aliphatic heterocycles. The Balaban J connectivity index is 1.73. The van der Waals surface area contributed by atoms with Gasteiger partial charge in [0.25, 0.3) is 0 Å². The van der Waals surface area contributed by atoms with E-state index in [0.29, 0.717) is 6.61 Å². The van der Waals surface area contributed by atoms with Crippen molar-refractivity contribution in [2.75, 3.05) is 0 Å². The number of hydrogen-bond acceptors (Lipinski definition) is 5. The molecule has 0 saturated carbocycles. The molecule has 0 bridgehead atoms. The Kier molecular flexibility index (Phi) is 5.65. The minimum atomic E-state index is -1.36. The van der Waals surface area contributed by atoms with Crippen molar-refractivity contribution in [3.8, 4) is 0 Å². The number of fused-ring (bicyclic) bond motifs is 1. The van der Waals surface area contributed by atoms with Crippen LogP contribution in [0.4, 0.5) is 0 Å². The van der Waals surface area contributed by atoms with Crippen LogP contribution in [0.2, 0.25) is 0 Å². The topological polar surface area (TPSA) is 66.4 Å². The Hall–Kier alpha value is -1.12. The van der Waals surface area contributed by atoms with Crippen molar-refractivity contribution in [2.45, 2.75) is 76.4 Å². The molecule has 26 heavy (non-hydrogen) atoms. The van der Waals surface area contributed by atoms with Gasteiger partial charge in [-0.15, -0.1) is 0 Å². The number of hydrogen-bond donors (Lipinski definition) is 0. The van der Waals surface area contributed by atoms with Crippen LogP contribution in [0.3, 0.4) is 0 Å². The highest BCUT2D eigenvalue weighted by molar-refractivity contribution is 7.85. The molecule has 144 valence electrons. The van der Waals surface area contributed by atoms with Crippen molar-refractivity contribution in [1.29, 1.82) is 0 Å². The number of benzene rings is 1. The molecule has 7 heteroatoms. The van der Waals surface area contributed by atoms with Crippen LogP contribution >= 0.6 is 0 Å². The summed E-state index contributed by atoms with van der Waals surface area (Å²) in [7, 11) is -1.36. The van der Waals surface area contributed by atoms with Gasteiger partial charge in [-0.05, 0) is 40.2 Å². The first-order valence-electron chi connectivity index (χ1n) is 8.78. The van der Waals surface area contributed by atoms with Crippen LogP contribution in [0.15, 0.2) is 34.7 Å². The Morgan fingerprint density at radius 1 is 1.23 bits per heavy atom. The first-order chi connectivity index (χ1) is 12.2. The summed E-state index contributed by atoms with van der Waals surface area (Å²) >= 11 is 0. The summed E-state index contributed by atoms with van der Waals surface area (Å²) in [6, 6.07) is 9.90. The summed E-state index contributed by atoms with van der Waals surface area (Å²) in [5.41, 5.74) is 1.06. The molecule has 2 saturated heterocycles. The SMILES string of the molecule is CC1(C)O[C@H]2O[C@H](/C=N/[S@@](=O)C(C)(C)C)[C@H](OCc3ccccc3)[C@H]2O1. The molecule has 0 amide bonds. The van der Waals surface area contributed by atoms with Crippen LogP contribution < -0.4 is 0 Å². The normalized spacial score (nSPS) is 32.0. The maximum Gasteiger partial charge on any atom is 0.190 e. The second-order valence-electron chi connectivity index (χ2n) is 7.95. The maximum absolute atomic E-state index is 12.2. The molecule has 2 aliphatic rings. The summed E-state index contributed by atoms with van der Waals surface area (Å²) < 4.78 is 39.8. The molecule has 0 unspecified atom stereocenters. The molecule has 1 aromatic rings. The monoisotopic (exact) mass is 381 g/mol. The molecular formula is C19H27NO5S. The Labute approximate surface area is 157 Å². The van der Waals surface area contributed by atoms with E-state index in [2.05, 4.69) is 4.40 Å². The maximum atomic E-state index is 12.2. The third-order valence-corrected chi connectivity index (χ3v) is 5.50. The molecule has 2 fully saturated rings. The first kappa shape index (κ1) is 19.6. The second-order valence-corrected chi connectivity index (χ2v) is 9.88. The molecule has 0 radical (unpaired) electrons. The van der Waals surface area contributed by atoms with Crippen LogP contribution in [-0.2, 0) is 36.5 Å². The molecule has 2 heterocycles. The van der Waals surface area contributed by atoms with E-state index >= 15 is 0 Å². The highest BCUT2D eigenvalue weighted by Crippen LogP contribution is 2.38. The highest BCUT2D eigenvalue weighted by atomic mass is 32.2. The van der Waals surface area contributed by atoms with Crippen LogP contribution in [-0.4, -0.2) is 45.6 Å². The quantitative estimate of drug-likeness (QED) is 0.734. The summed E-state index contributed by atoms with van der Waals surface area (Å²) in [4.78, 5) is 0. The summed E-state index contributed by atoms with van der Waals surface area (Å²) in [6.07, 6.45) is -0.174.